The van der Waals surface area contributed by atoms with Crippen LogP contribution in [0.2, 0.25) is 0 Å². The highest BCUT2D eigenvalue weighted by Gasteiger charge is 2.27. The highest BCUT2D eigenvalue weighted by atomic mass is 16.5. The SMILES string of the molecule is CC(=O)Nc1ccccc1OC1CCCC1O. The van der Waals surface area contributed by atoms with Gasteiger partial charge in [0.1, 0.15) is 11.9 Å². The van der Waals surface area contributed by atoms with Gasteiger partial charge in [-0.15, -0.1) is 0 Å². The second-order valence-corrected chi connectivity index (χ2v) is 4.33. The van der Waals surface area contributed by atoms with Crippen LogP contribution in [0, 0.1) is 0 Å². The van der Waals surface area contributed by atoms with Crippen molar-refractivity contribution in [3.05, 3.63) is 24.3 Å². The average molecular weight is 235 g/mol. The molecule has 2 atom stereocenters. The van der Waals surface area contributed by atoms with Crippen molar-refractivity contribution in [3.63, 3.8) is 0 Å². The number of anilines is 1. The quantitative estimate of drug-likeness (QED) is 0.841. The van der Waals surface area contributed by atoms with E-state index in [1.807, 2.05) is 12.1 Å². The van der Waals surface area contributed by atoms with Crippen molar-refractivity contribution in [1.82, 2.24) is 0 Å². The molecule has 0 aliphatic heterocycles. The highest BCUT2D eigenvalue weighted by molar-refractivity contribution is 5.90. The first-order valence-corrected chi connectivity index (χ1v) is 5.88. The van der Waals surface area contributed by atoms with E-state index in [0.29, 0.717) is 11.4 Å². The van der Waals surface area contributed by atoms with Crippen LogP contribution >= 0.6 is 0 Å². The van der Waals surface area contributed by atoms with Crippen LogP contribution < -0.4 is 10.1 Å². The number of para-hydroxylation sites is 2. The third kappa shape index (κ3) is 2.97. The Labute approximate surface area is 101 Å². The summed E-state index contributed by atoms with van der Waals surface area (Å²) in [6.45, 7) is 1.46. The Hall–Kier alpha value is -1.55. The van der Waals surface area contributed by atoms with Crippen LogP contribution in [-0.2, 0) is 4.79 Å². The Balaban J connectivity index is 2.11. The van der Waals surface area contributed by atoms with Crippen LogP contribution in [0.15, 0.2) is 24.3 Å². The van der Waals surface area contributed by atoms with Crippen molar-refractivity contribution in [2.24, 2.45) is 0 Å². The monoisotopic (exact) mass is 235 g/mol. The second-order valence-electron chi connectivity index (χ2n) is 4.33. The first kappa shape index (κ1) is 11.9. The third-order valence-electron chi connectivity index (χ3n) is 2.89. The molecule has 0 saturated heterocycles. The number of aliphatic hydroxyl groups is 1. The van der Waals surface area contributed by atoms with Gasteiger partial charge in [-0.2, -0.15) is 0 Å². The van der Waals surface area contributed by atoms with E-state index in [0.717, 1.165) is 19.3 Å². The lowest BCUT2D eigenvalue weighted by molar-refractivity contribution is -0.114. The van der Waals surface area contributed by atoms with E-state index >= 15 is 0 Å². The molecule has 17 heavy (non-hydrogen) atoms. The smallest absolute Gasteiger partial charge is 0.221 e. The average Bonchev–Trinajstić information content (AvgIpc) is 2.67. The zero-order chi connectivity index (χ0) is 12.3. The summed E-state index contributed by atoms with van der Waals surface area (Å²) < 4.78 is 5.75. The number of hydrogen-bond donors (Lipinski definition) is 2. The van der Waals surface area contributed by atoms with Crippen LogP contribution in [0.1, 0.15) is 26.2 Å². The first-order valence-electron chi connectivity index (χ1n) is 5.88. The van der Waals surface area contributed by atoms with Crippen molar-refractivity contribution < 1.29 is 14.6 Å². The van der Waals surface area contributed by atoms with E-state index in [4.69, 9.17) is 4.74 Å². The summed E-state index contributed by atoms with van der Waals surface area (Å²) in [6, 6.07) is 7.28. The second kappa shape index (κ2) is 5.19. The van der Waals surface area contributed by atoms with E-state index in [2.05, 4.69) is 5.32 Å². The van der Waals surface area contributed by atoms with Gasteiger partial charge >= 0.3 is 0 Å². The molecule has 92 valence electrons. The molecule has 1 saturated carbocycles. The number of nitrogens with one attached hydrogen (secondary N) is 1. The summed E-state index contributed by atoms with van der Waals surface area (Å²) in [5.74, 6) is 0.488. The number of hydrogen-bond acceptors (Lipinski definition) is 3. The fourth-order valence-electron chi connectivity index (χ4n) is 2.07. The van der Waals surface area contributed by atoms with Gasteiger partial charge in [-0.25, -0.2) is 0 Å². The largest absolute Gasteiger partial charge is 0.486 e. The minimum absolute atomic E-state index is 0.131. The van der Waals surface area contributed by atoms with E-state index in [1.54, 1.807) is 12.1 Å². The Morgan fingerprint density at radius 3 is 2.82 bits per heavy atom. The predicted molar refractivity (Wildman–Crippen MR) is 65.0 cm³/mol. The maximum absolute atomic E-state index is 11.1. The number of aliphatic hydroxyl groups excluding tert-OH is 1. The van der Waals surface area contributed by atoms with Gasteiger partial charge in [0.05, 0.1) is 11.8 Å². The van der Waals surface area contributed by atoms with Gasteiger partial charge < -0.3 is 15.2 Å². The lowest BCUT2D eigenvalue weighted by atomic mass is 10.2. The molecule has 1 aromatic carbocycles. The van der Waals surface area contributed by atoms with Gasteiger partial charge in [-0.1, -0.05) is 12.1 Å². The predicted octanol–water partition coefficient (Wildman–Crippen LogP) is 1.94. The molecule has 0 heterocycles. The molecule has 0 aromatic heterocycles. The molecule has 1 aliphatic rings. The molecule has 0 radical (unpaired) electrons. The summed E-state index contributed by atoms with van der Waals surface area (Å²) in [4.78, 5) is 11.1. The summed E-state index contributed by atoms with van der Waals surface area (Å²) in [7, 11) is 0. The van der Waals surface area contributed by atoms with Crippen molar-refractivity contribution in [2.75, 3.05) is 5.32 Å². The van der Waals surface area contributed by atoms with Gasteiger partial charge in [0.15, 0.2) is 0 Å². The molecular weight excluding hydrogens is 218 g/mol. The van der Waals surface area contributed by atoms with Crippen molar-refractivity contribution in [1.29, 1.82) is 0 Å². The van der Waals surface area contributed by atoms with Crippen LogP contribution in [0.4, 0.5) is 5.69 Å². The molecule has 1 aliphatic carbocycles. The number of benzene rings is 1. The van der Waals surface area contributed by atoms with Gasteiger partial charge in [-0.3, -0.25) is 4.79 Å². The van der Waals surface area contributed by atoms with Crippen molar-refractivity contribution in [2.45, 2.75) is 38.4 Å². The standard InChI is InChI=1S/C13H17NO3/c1-9(15)14-10-5-2-3-7-12(10)17-13-8-4-6-11(13)16/h2-3,5,7,11,13,16H,4,6,8H2,1H3,(H,14,15). The minimum Gasteiger partial charge on any atom is -0.486 e. The Bertz CT molecular complexity index is 405. The molecule has 2 unspecified atom stereocenters. The number of carbonyl (C=O) groups is 1. The molecule has 1 fully saturated rings. The van der Waals surface area contributed by atoms with Gasteiger partial charge in [-0.05, 0) is 31.4 Å². The Morgan fingerprint density at radius 2 is 2.18 bits per heavy atom. The van der Waals surface area contributed by atoms with Crippen LogP contribution in [0.5, 0.6) is 5.75 Å². The number of ether oxygens (including phenoxy) is 1. The number of rotatable bonds is 3. The summed E-state index contributed by atoms with van der Waals surface area (Å²) >= 11 is 0. The van der Waals surface area contributed by atoms with E-state index < -0.39 is 6.10 Å². The Morgan fingerprint density at radius 1 is 1.41 bits per heavy atom. The van der Waals surface area contributed by atoms with Gasteiger partial charge in [0, 0.05) is 6.92 Å². The lowest BCUT2D eigenvalue weighted by Crippen LogP contribution is -2.26. The zero-order valence-electron chi connectivity index (χ0n) is 9.85. The van der Waals surface area contributed by atoms with Crippen LogP contribution in [0.25, 0.3) is 0 Å². The molecule has 2 N–H and O–H groups in total. The van der Waals surface area contributed by atoms with Crippen molar-refractivity contribution in [3.8, 4) is 5.75 Å². The van der Waals surface area contributed by atoms with E-state index in [-0.39, 0.29) is 12.0 Å². The highest BCUT2D eigenvalue weighted by Crippen LogP contribution is 2.29. The molecular formula is C13H17NO3. The molecule has 4 heteroatoms. The van der Waals surface area contributed by atoms with Crippen LogP contribution in [-0.4, -0.2) is 23.2 Å². The van der Waals surface area contributed by atoms with Crippen LogP contribution in [0.3, 0.4) is 0 Å². The van der Waals surface area contributed by atoms with Gasteiger partial charge in [0.2, 0.25) is 5.91 Å². The minimum atomic E-state index is -0.402. The molecule has 2 rings (SSSR count). The number of amides is 1. The zero-order valence-corrected chi connectivity index (χ0v) is 9.85. The summed E-state index contributed by atoms with van der Waals surface area (Å²) in [5, 5.41) is 12.4. The number of carbonyl (C=O) groups excluding carboxylic acids is 1. The third-order valence-corrected chi connectivity index (χ3v) is 2.89. The summed E-state index contributed by atoms with van der Waals surface area (Å²) in [5.41, 5.74) is 0.652. The first-order chi connectivity index (χ1) is 8.16. The normalized spacial score (nSPS) is 23.4. The molecule has 1 amide bonds. The van der Waals surface area contributed by atoms with E-state index in [9.17, 15) is 9.90 Å². The molecule has 0 bridgehead atoms. The van der Waals surface area contributed by atoms with Gasteiger partial charge in [0.25, 0.3) is 0 Å². The maximum atomic E-state index is 11.1. The molecule has 1 aromatic rings. The fourth-order valence-corrected chi connectivity index (χ4v) is 2.07. The topological polar surface area (TPSA) is 58.6 Å². The van der Waals surface area contributed by atoms with E-state index in [1.165, 1.54) is 6.92 Å². The Kier molecular flexibility index (Phi) is 3.64. The van der Waals surface area contributed by atoms with Crippen molar-refractivity contribution >= 4 is 11.6 Å². The fraction of sp³-hybridized carbons (Fsp3) is 0.462. The molecule has 0 spiro atoms. The maximum Gasteiger partial charge on any atom is 0.221 e. The lowest BCUT2D eigenvalue weighted by Gasteiger charge is -2.19. The molecule has 4 nitrogen and oxygen atoms in total. The summed E-state index contributed by atoms with van der Waals surface area (Å²) in [6.07, 6.45) is 2.06.